The minimum Gasteiger partial charge on any atom is -0.382 e. The number of hydrogen-bond acceptors (Lipinski definition) is 4. The monoisotopic (exact) mass is 291 g/mol. The highest BCUT2D eigenvalue weighted by Crippen LogP contribution is 2.24. The molecule has 0 radical (unpaired) electrons. The molecule has 5 nitrogen and oxygen atoms in total. The van der Waals surface area contributed by atoms with E-state index in [1.165, 1.54) is 0 Å². The molecule has 0 unspecified atom stereocenters. The molecule has 5 heteroatoms. The first-order valence-electron chi connectivity index (χ1n) is 7.69. The molecular weight excluding hydrogens is 266 g/mol. The number of nitro groups is 1. The third kappa shape index (κ3) is 4.43. The van der Waals surface area contributed by atoms with Gasteiger partial charge in [-0.05, 0) is 31.7 Å². The Balaban J connectivity index is 1.92. The molecule has 1 aliphatic rings. The van der Waals surface area contributed by atoms with E-state index in [9.17, 15) is 10.1 Å². The van der Waals surface area contributed by atoms with Crippen LogP contribution in [0.4, 0.5) is 11.4 Å². The molecule has 1 fully saturated rings. The maximum absolute atomic E-state index is 11.0. The Kier molecular flexibility index (Phi) is 5.17. The molecule has 1 aromatic carbocycles. The quantitative estimate of drug-likeness (QED) is 0.667. The number of likely N-dealkylation sites (tertiary alicyclic amines) is 1. The number of nitrogens with one attached hydrogen (secondary N) is 1. The molecule has 0 atom stereocenters. The molecule has 0 spiro atoms. The van der Waals surface area contributed by atoms with Crippen molar-refractivity contribution in [2.75, 3.05) is 25.0 Å². The summed E-state index contributed by atoms with van der Waals surface area (Å²) in [5, 5.41) is 14.4. The molecule has 1 aliphatic heterocycles. The van der Waals surface area contributed by atoms with Gasteiger partial charge in [0.25, 0.3) is 5.69 Å². The standard InChI is InChI=1S/C16H25N3O2/c1-12(2)11-18-8-6-14(7-9-18)17-15-5-4-13(3)16(10-15)19(20)21/h4-5,10,12,14,17H,6-9,11H2,1-3H3. The summed E-state index contributed by atoms with van der Waals surface area (Å²) in [5.74, 6) is 0.703. The van der Waals surface area contributed by atoms with Crippen molar-refractivity contribution >= 4 is 11.4 Å². The van der Waals surface area contributed by atoms with Crippen LogP contribution in [-0.2, 0) is 0 Å². The molecule has 1 heterocycles. The summed E-state index contributed by atoms with van der Waals surface area (Å²) in [6, 6.07) is 5.81. The maximum atomic E-state index is 11.0. The van der Waals surface area contributed by atoms with Crippen LogP contribution in [0.2, 0.25) is 0 Å². The molecule has 21 heavy (non-hydrogen) atoms. The van der Waals surface area contributed by atoms with Crippen LogP contribution >= 0.6 is 0 Å². The van der Waals surface area contributed by atoms with Crippen LogP contribution in [0.15, 0.2) is 18.2 Å². The Morgan fingerprint density at radius 2 is 2.05 bits per heavy atom. The van der Waals surface area contributed by atoms with Crippen molar-refractivity contribution in [1.29, 1.82) is 0 Å². The predicted molar refractivity (Wildman–Crippen MR) is 85.8 cm³/mol. The summed E-state index contributed by atoms with van der Waals surface area (Å²) >= 11 is 0. The van der Waals surface area contributed by atoms with Crippen LogP contribution in [0.25, 0.3) is 0 Å². The van der Waals surface area contributed by atoms with E-state index in [-0.39, 0.29) is 10.6 Å². The Labute approximate surface area is 126 Å². The number of nitrogens with zero attached hydrogens (tertiary/aromatic N) is 2. The van der Waals surface area contributed by atoms with Crippen LogP contribution < -0.4 is 5.32 Å². The van der Waals surface area contributed by atoms with Crippen molar-refractivity contribution in [2.24, 2.45) is 5.92 Å². The van der Waals surface area contributed by atoms with Crippen molar-refractivity contribution < 1.29 is 4.92 Å². The molecule has 0 aliphatic carbocycles. The highest BCUT2D eigenvalue weighted by atomic mass is 16.6. The Morgan fingerprint density at radius 3 is 2.62 bits per heavy atom. The lowest BCUT2D eigenvalue weighted by molar-refractivity contribution is -0.385. The molecule has 1 saturated heterocycles. The second-order valence-electron chi connectivity index (χ2n) is 6.37. The van der Waals surface area contributed by atoms with E-state index in [4.69, 9.17) is 0 Å². The van der Waals surface area contributed by atoms with E-state index in [1.54, 1.807) is 13.0 Å². The number of rotatable bonds is 5. The topological polar surface area (TPSA) is 58.4 Å². The third-order valence-electron chi connectivity index (χ3n) is 3.99. The number of benzene rings is 1. The summed E-state index contributed by atoms with van der Waals surface area (Å²) in [7, 11) is 0. The predicted octanol–water partition coefficient (Wildman–Crippen LogP) is 3.44. The summed E-state index contributed by atoms with van der Waals surface area (Å²) in [5.41, 5.74) is 1.75. The summed E-state index contributed by atoms with van der Waals surface area (Å²) in [6.45, 7) is 9.62. The Morgan fingerprint density at radius 1 is 1.38 bits per heavy atom. The molecule has 2 rings (SSSR count). The second kappa shape index (κ2) is 6.89. The van der Waals surface area contributed by atoms with Crippen molar-refractivity contribution in [3.63, 3.8) is 0 Å². The van der Waals surface area contributed by atoms with Gasteiger partial charge in [0.15, 0.2) is 0 Å². The minimum atomic E-state index is -0.314. The van der Waals surface area contributed by atoms with Gasteiger partial charge in [0, 0.05) is 43.0 Å². The molecule has 0 aromatic heterocycles. The van der Waals surface area contributed by atoms with Gasteiger partial charge in [-0.3, -0.25) is 10.1 Å². The van der Waals surface area contributed by atoms with Crippen LogP contribution in [0.3, 0.4) is 0 Å². The Bertz CT molecular complexity index is 494. The maximum Gasteiger partial charge on any atom is 0.274 e. The average Bonchev–Trinajstić information content (AvgIpc) is 2.42. The van der Waals surface area contributed by atoms with Crippen molar-refractivity contribution in [1.82, 2.24) is 4.90 Å². The first-order valence-corrected chi connectivity index (χ1v) is 7.69. The molecule has 0 saturated carbocycles. The zero-order valence-electron chi connectivity index (χ0n) is 13.1. The van der Waals surface area contributed by atoms with Crippen molar-refractivity contribution in [2.45, 2.75) is 39.7 Å². The van der Waals surface area contributed by atoms with Crippen molar-refractivity contribution in [3.05, 3.63) is 33.9 Å². The van der Waals surface area contributed by atoms with Crippen molar-refractivity contribution in [3.8, 4) is 0 Å². The van der Waals surface area contributed by atoms with Crippen LogP contribution in [0.5, 0.6) is 0 Å². The van der Waals surface area contributed by atoms with Gasteiger partial charge < -0.3 is 10.2 Å². The third-order valence-corrected chi connectivity index (χ3v) is 3.99. The van der Waals surface area contributed by atoms with E-state index in [0.29, 0.717) is 17.5 Å². The van der Waals surface area contributed by atoms with E-state index in [0.717, 1.165) is 38.2 Å². The lowest BCUT2D eigenvalue weighted by atomic mass is 10.0. The molecule has 116 valence electrons. The van der Waals surface area contributed by atoms with Gasteiger partial charge in [-0.25, -0.2) is 0 Å². The number of aryl methyl sites for hydroxylation is 1. The van der Waals surface area contributed by atoms with Crippen LogP contribution in [0, 0.1) is 23.0 Å². The molecule has 1 N–H and O–H groups in total. The van der Waals surface area contributed by atoms with Gasteiger partial charge in [0.1, 0.15) is 0 Å². The molecule has 0 bridgehead atoms. The molecular formula is C16H25N3O2. The van der Waals surface area contributed by atoms with Gasteiger partial charge in [-0.1, -0.05) is 19.9 Å². The SMILES string of the molecule is Cc1ccc(NC2CCN(CC(C)C)CC2)cc1[N+](=O)[O-]. The number of piperidine rings is 1. The van der Waals surface area contributed by atoms with E-state index in [2.05, 4.69) is 24.1 Å². The smallest absolute Gasteiger partial charge is 0.274 e. The van der Waals surface area contributed by atoms with Crippen LogP contribution in [-0.4, -0.2) is 35.5 Å². The minimum absolute atomic E-state index is 0.192. The summed E-state index contributed by atoms with van der Waals surface area (Å²) in [6.07, 6.45) is 2.18. The number of nitro benzene ring substituents is 1. The van der Waals surface area contributed by atoms with Gasteiger partial charge in [-0.2, -0.15) is 0 Å². The zero-order valence-corrected chi connectivity index (χ0v) is 13.1. The lowest BCUT2D eigenvalue weighted by Crippen LogP contribution is -2.40. The fourth-order valence-electron chi connectivity index (χ4n) is 2.91. The largest absolute Gasteiger partial charge is 0.382 e. The Hall–Kier alpha value is -1.62. The van der Waals surface area contributed by atoms with Crippen LogP contribution in [0.1, 0.15) is 32.3 Å². The summed E-state index contributed by atoms with van der Waals surface area (Å²) < 4.78 is 0. The van der Waals surface area contributed by atoms with Gasteiger partial charge in [0.05, 0.1) is 4.92 Å². The normalized spacial score (nSPS) is 17.1. The number of anilines is 1. The first-order chi connectivity index (χ1) is 9.95. The molecule has 1 aromatic rings. The molecule has 0 amide bonds. The van der Waals surface area contributed by atoms with E-state index >= 15 is 0 Å². The fourth-order valence-corrected chi connectivity index (χ4v) is 2.91. The number of hydrogen-bond donors (Lipinski definition) is 1. The summed E-state index contributed by atoms with van der Waals surface area (Å²) in [4.78, 5) is 13.2. The van der Waals surface area contributed by atoms with Gasteiger partial charge >= 0.3 is 0 Å². The highest BCUT2D eigenvalue weighted by Gasteiger charge is 2.20. The van der Waals surface area contributed by atoms with E-state index < -0.39 is 0 Å². The fraction of sp³-hybridized carbons (Fsp3) is 0.625. The highest BCUT2D eigenvalue weighted by molar-refractivity contribution is 5.55. The lowest BCUT2D eigenvalue weighted by Gasteiger charge is -2.33. The van der Waals surface area contributed by atoms with Gasteiger partial charge in [0.2, 0.25) is 0 Å². The average molecular weight is 291 g/mol. The first kappa shape index (κ1) is 15.8. The zero-order chi connectivity index (χ0) is 15.4. The van der Waals surface area contributed by atoms with E-state index in [1.807, 2.05) is 12.1 Å². The van der Waals surface area contributed by atoms with Gasteiger partial charge in [-0.15, -0.1) is 0 Å². The second-order valence-corrected chi connectivity index (χ2v) is 6.37.